The first-order valence-corrected chi connectivity index (χ1v) is 8.88. The Balaban J connectivity index is 2.52. The van der Waals surface area contributed by atoms with Crippen LogP contribution in [-0.4, -0.2) is 25.3 Å². The van der Waals surface area contributed by atoms with Gasteiger partial charge in [0.05, 0.1) is 10.0 Å². The Morgan fingerprint density at radius 1 is 1.26 bits per heavy atom. The van der Waals surface area contributed by atoms with Gasteiger partial charge in [-0.3, -0.25) is 0 Å². The van der Waals surface area contributed by atoms with E-state index in [9.17, 15) is 8.42 Å². The molecule has 2 rings (SSSR count). The van der Waals surface area contributed by atoms with Gasteiger partial charge in [-0.25, -0.2) is 8.42 Å². The molecule has 0 amide bonds. The van der Waals surface area contributed by atoms with Gasteiger partial charge < -0.3 is 0 Å². The number of halogens is 3. The number of rotatable bonds is 2. The van der Waals surface area contributed by atoms with Crippen molar-refractivity contribution in [2.75, 3.05) is 6.54 Å². The Labute approximate surface area is 132 Å². The Kier molecular flexibility index (Phi) is 4.53. The second kappa shape index (κ2) is 5.53. The maximum absolute atomic E-state index is 12.7. The van der Waals surface area contributed by atoms with Gasteiger partial charge >= 0.3 is 0 Å². The predicted molar refractivity (Wildman–Crippen MR) is 81.3 cm³/mol. The topological polar surface area (TPSA) is 37.4 Å². The normalized spacial score (nSPS) is 24.9. The highest BCUT2D eigenvalue weighted by molar-refractivity contribution is 9.10. The monoisotopic (exact) mass is 385 g/mol. The molecule has 2 atom stereocenters. The van der Waals surface area contributed by atoms with Crippen molar-refractivity contribution in [3.8, 4) is 0 Å². The van der Waals surface area contributed by atoms with Crippen LogP contribution in [0.3, 0.4) is 0 Å². The van der Waals surface area contributed by atoms with Gasteiger partial charge in [-0.1, -0.05) is 46.1 Å². The lowest BCUT2D eigenvalue weighted by Gasteiger charge is -2.22. The largest absolute Gasteiger partial charge is 0.246 e. The van der Waals surface area contributed by atoms with Gasteiger partial charge in [-0.2, -0.15) is 4.31 Å². The fourth-order valence-electron chi connectivity index (χ4n) is 2.49. The van der Waals surface area contributed by atoms with Crippen LogP contribution in [0.15, 0.2) is 21.5 Å². The molecule has 7 heteroatoms. The third-order valence-corrected chi connectivity index (χ3v) is 6.62. The molecular formula is C12H14BrCl2NO2S. The number of hydrogen-bond acceptors (Lipinski definition) is 2. The maximum Gasteiger partial charge on any atom is 0.246 e. The number of sulfonamides is 1. The van der Waals surface area contributed by atoms with E-state index in [0.29, 0.717) is 16.9 Å². The first-order chi connectivity index (χ1) is 8.73. The van der Waals surface area contributed by atoms with Crippen LogP contribution in [-0.2, 0) is 10.0 Å². The standard InChI is InChI=1S/C12H14BrCl2NO2S/c1-7-3-8(2)16(6-7)19(17,18)12-10(14)4-9(13)5-11(12)15/h4-5,7-8H,3,6H2,1-2H3. The molecular weight excluding hydrogens is 373 g/mol. The van der Waals surface area contributed by atoms with Crippen molar-refractivity contribution < 1.29 is 8.42 Å². The van der Waals surface area contributed by atoms with E-state index in [1.807, 2.05) is 13.8 Å². The second-order valence-corrected chi connectivity index (χ2v) is 8.52. The first-order valence-electron chi connectivity index (χ1n) is 5.90. The number of nitrogens with zero attached hydrogens (tertiary/aromatic N) is 1. The van der Waals surface area contributed by atoms with Crippen LogP contribution in [0, 0.1) is 5.92 Å². The fourth-order valence-corrected chi connectivity index (χ4v) is 6.14. The van der Waals surface area contributed by atoms with Crippen LogP contribution in [0.5, 0.6) is 0 Å². The first kappa shape index (κ1) is 15.6. The van der Waals surface area contributed by atoms with Gasteiger partial charge in [-0.15, -0.1) is 0 Å². The molecule has 0 bridgehead atoms. The average molecular weight is 387 g/mol. The minimum atomic E-state index is -3.65. The highest BCUT2D eigenvalue weighted by Crippen LogP contribution is 2.37. The molecule has 0 aliphatic carbocycles. The Morgan fingerprint density at radius 3 is 2.21 bits per heavy atom. The van der Waals surface area contributed by atoms with Crippen molar-refractivity contribution in [2.45, 2.75) is 31.2 Å². The zero-order chi connectivity index (χ0) is 14.4. The van der Waals surface area contributed by atoms with E-state index < -0.39 is 10.0 Å². The zero-order valence-corrected chi connectivity index (χ0v) is 14.4. The molecule has 1 fully saturated rings. The van der Waals surface area contributed by atoms with E-state index in [0.717, 1.165) is 6.42 Å². The summed E-state index contributed by atoms with van der Waals surface area (Å²) >= 11 is 15.4. The molecule has 1 aliphatic heterocycles. The molecule has 0 aromatic heterocycles. The van der Waals surface area contributed by atoms with E-state index in [2.05, 4.69) is 15.9 Å². The van der Waals surface area contributed by atoms with Crippen LogP contribution in [0.4, 0.5) is 0 Å². The lowest BCUT2D eigenvalue weighted by molar-refractivity contribution is 0.405. The summed E-state index contributed by atoms with van der Waals surface area (Å²) in [6.07, 6.45) is 0.852. The fraction of sp³-hybridized carbons (Fsp3) is 0.500. The summed E-state index contributed by atoms with van der Waals surface area (Å²) < 4.78 is 27.5. The maximum atomic E-state index is 12.7. The van der Waals surface area contributed by atoms with Crippen LogP contribution < -0.4 is 0 Å². The van der Waals surface area contributed by atoms with E-state index in [1.54, 1.807) is 12.1 Å². The molecule has 1 saturated heterocycles. The minimum Gasteiger partial charge on any atom is -0.207 e. The summed E-state index contributed by atoms with van der Waals surface area (Å²) in [7, 11) is -3.65. The smallest absolute Gasteiger partial charge is 0.207 e. The Morgan fingerprint density at radius 2 is 1.79 bits per heavy atom. The highest BCUT2D eigenvalue weighted by Gasteiger charge is 2.38. The molecule has 0 saturated carbocycles. The van der Waals surface area contributed by atoms with Gasteiger partial charge in [0.1, 0.15) is 4.90 Å². The van der Waals surface area contributed by atoms with E-state index in [-0.39, 0.29) is 21.0 Å². The van der Waals surface area contributed by atoms with Gasteiger partial charge in [0, 0.05) is 17.1 Å². The zero-order valence-electron chi connectivity index (χ0n) is 10.5. The van der Waals surface area contributed by atoms with Crippen molar-refractivity contribution in [1.29, 1.82) is 0 Å². The van der Waals surface area contributed by atoms with Gasteiger partial charge in [-0.05, 0) is 31.4 Å². The van der Waals surface area contributed by atoms with Crippen molar-refractivity contribution in [2.24, 2.45) is 5.92 Å². The van der Waals surface area contributed by atoms with Crippen LogP contribution in [0.2, 0.25) is 10.0 Å². The van der Waals surface area contributed by atoms with Crippen molar-refractivity contribution in [3.05, 3.63) is 26.7 Å². The number of hydrogen-bond donors (Lipinski definition) is 0. The Bertz CT molecular complexity index is 583. The molecule has 1 aliphatic rings. The molecule has 19 heavy (non-hydrogen) atoms. The quantitative estimate of drug-likeness (QED) is 0.764. The SMILES string of the molecule is CC1CC(C)N(S(=O)(=O)c2c(Cl)cc(Br)cc2Cl)C1. The van der Waals surface area contributed by atoms with Crippen molar-refractivity contribution in [1.82, 2.24) is 4.31 Å². The van der Waals surface area contributed by atoms with Gasteiger partial charge in [0.15, 0.2) is 0 Å². The molecule has 1 aromatic carbocycles. The summed E-state index contributed by atoms with van der Waals surface area (Å²) in [5, 5.41) is 0.289. The third-order valence-electron chi connectivity index (χ3n) is 3.26. The van der Waals surface area contributed by atoms with Crippen LogP contribution in [0.25, 0.3) is 0 Å². The number of benzene rings is 1. The Hall–Kier alpha value is 0.190. The lowest BCUT2D eigenvalue weighted by Crippen LogP contribution is -2.34. The van der Waals surface area contributed by atoms with E-state index in [1.165, 1.54) is 4.31 Å². The van der Waals surface area contributed by atoms with Crippen LogP contribution >= 0.6 is 39.1 Å². The van der Waals surface area contributed by atoms with Gasteiger partial charge in [0.25, 0.3) is 0 Å². The van der Waals surface area contributed by atoms with E-state index >= 15 is 0 Å². The predicted octanol–water partition coefficient (Wildman–Crippen LogP) is 4.17. The molecule has 106 valence electrons. The van der Waals surface area contributed by atoms with Crippen LogP contribution in [0.1, 0.15) is 20.3 Å². The molecule has 1 aromatic rings. The molecule has 1 heterocycles. The highest BCUT2D eigenvalue weighted by atomic mass is 79.9. The molecule has 0 radical (unpaired) electrons. The average Bonchev–Trinajstić information content (AvgIpc) is 2.56. The summed E-state index contributed by atoms with van der Waals surface area (Å²) in [6.45, 7) is 4.45. The van der Waals surface area contributed by atoms with Crippen molar-refractivity contribution in [3.63, 3.8) is 0 Å². The van der Waals surface area contributed by atoms with Gasteiger partial charge in [0.2, 0.25) is 10.0 Å². The summed E-state index contributed by atoms with van der Waals surface area (Å²) in [5.74, 6) is 0.345. The minimum absolute atomic E-state index is 0.0000154. The molecule has 2 unspecified atom stereocenters. The lowest BCUT2D eigenvalue weighted by atomic mass is 10.1. The summed E-state index contributed by atoms with van der Waals surface area (Å²) in [4.78, 5) is -0.0000154. The van der Waals surface area contributed by atoms with E-state index in [4.69, 9.17) is 23.2 Å². The third kappa shape index (κ3) is 2.95. The van der Waals surface area contributed by atoms with Crippen molar-refractivity contribution >= 4 is 49.2 Å². The molecule has 0 spiro atoms. The molecule has 0 N–H and O–H groups in total. The summed E-state index contributed by atoms with van der Waals surface area (Å²) in [6, 6.07) is 3.06. The summed E-state index contributed by atoms with van der Waals surface area (Å²) in [5.41, 5.74) is 0. The second-order valence-electron chi connectivity index (χ2n) is 4.96. The molecule has 3 nitrogen and oxygen atoms in total.